The zero-order valence-electron chi connectivity index (χ0n) is 32.0. The number of esters is 1. The highest BCUT2D eigenvalue weighted by Crippen LogP contribution is 2.19. The van der Waals surface area contributed by atoms with E-state index in [1.165, 1.54) is 109 Å². The number of carbonyl (C=O) groups excluding carboxylic acids is 1. The van der Waals surface area contributed by atoms with Gasteiger partial charge < -0.3 is 9.84 Å². The van der Waals surface area contributed by atoms with E-state index < -0.39 is 5.97 Å². The van der Waals surface area contributed by atoms with Crippen LogP contribution in [0.3, 0.4) is 0 Å². The van der Waals surface area contributed by atoms with Gasteiger partial charge in [-0.3, -0.25) is 9.59 Å². The number of allylic oxidation sites excluding steroid dienone is 6. The summed E-state index contributed by atoms with van der Waals surface area (Å²) in [5.74, 6) is -0.712. The first-order valence-electron chi connectivity index (χ1n) is 21.0. The smallest absolute Gasteiger partial charge is 0.306 e. The van der Waals surface area contributed by atoms with Crippen LogP contribution in [0.5, 0.6) is 0 Å². The molecule has 280 valence electrons. The van der Waals surface area contributed by atoms with Crippen LogP contribution in [0.1, 0.15) is 226 Å². The Morgan fingerprint density at radius 3 is 1.35 bits per heavy atom. The molecule has 0 fully saturated rings. The predicted molar refractivity (Wildman–Crippen MR) is 209 cm³/mol. The van der Waals surface area contributed by atoms with Crippen molar-refractivity contribution in [3.63, 3.8) is 0 Å². The van der Waals surface area contributed by atoms with Crippen LogP contribution in [0, 0.1) is 0 Å². The van der Waals surface area contributed by atoms with Crippen LogP contribution in [-0.2, 0) is 14.3 Å². The first kappa shape index (κ1) is 46.2. The molecule has 1 unspecified atom stereocenters. The summed E-state index contributed by atoms with van der Waals surface area (Å²) in [5, 5.41) is 8.83. The van der Waals surface area contributed by atoms with Crippen LogP contribution < -0.4 is 0 Å². The van der Waals surface area contributed by atoms with Gasteiger partial charge in [0.25, 0.3) is 0 Å². The highest BCUT2D eigenvalue weighted by atomic mass is 16.5. The monoisotopic (exact) mass is 673 g/mol. The molecule has 0 rings (SSSR count). The van der Waals surface area contributed by atoms with Crippen molar-refractivity contribution in [1.29, 1.82) is 0 Å². The fourth-order valence-corrected chi connectivity index (χ4v) is 6.32. The molecule has 48 heavy (non-hydrogen) atoms. The number of aliphatic carboxylic acids is 1. The molecule has 0 aliphatic rings. The molecule has 1 N–H and O–H groups in total. The normalized spacial score (nSPS) is 12.5. The van der Waals surface area contributed by atoms with Crippen molar-refractivity contribution >= 4 is 11.9 Å². The average Bonchev–Trinajstić information content (AvgIpc) is 3.07. The minimum Gasteiger partial charge on any atom is -0.481 e. The molecule has 0 aliphatic carbocycles. The average molecular weight is 673 g/mol. The molecule has 0 saturated heterocycles. The van der Waals surface area contributed by atoms with Gasteiger partial charge in [-0.2, -0.15) is 0 Å². The predicted octanol–water partition coefficient (Wildman–Crippen LogP) is 14.6. The summed E-state index contributed by atoms with van der Waals surface area (Å²) in [6.45, 7) is 4.45. The third-order valence-corrected chi connectivity index (χ3v) is 9.38. The summed E-state index contributed by atoms with van der Waals surface area (Å²) in [6, 6.07) is 0. The molecule has 4 heteroatoms. The quantitative estimate of drug-likeness (QED) is 0.0403. The van der Waals surface area contributed by atoms with Gasteiger partial charge >= 0.3 is 11.9 Å². The number of carbonyl (C=O) groups is 2. The van der Waals surface area contributed by atoms with E-state index in [4.69, 9.17) is 9.84 Å². The van der Waals surface area contributed by atoms with Gasteiger partial charge in [-0.15, -0.1) is 0 Å². The summed E-state index contributed by atoms with van der Waals surface area (Å²) in [5.41, 5.74) is 0. The Kier molecular flexibility index (Phi) is 38.1. The number of rotatable bonds is 38. The first-order chi connectivity index (χ1) is 23.6. The van der Waals surface area contributed by atoms with E-state index in [9.17, 15) is 9.59 Å². The first-order valence-corrected chi connectivity index (χ1v) is 21.0. The molecular weight excluding hydrogens is 592 g/mol. The van der Waals surface area contributed by atoms with Crippen molar-refractivity contribution in [2.75, 3.05) is 0 Å². The zero-order chi connectivity index (χ0) is 35.0. The zero-order valence-corrected chi connectivity index (χ0v) is 32.0. The fourth-order valence-electron chi connectivity index (χ4n) is 6.32. The molecule has 0 aliphatic heterocycles. The lowest BCUT2D eigenvalue weighted by molar-refractivity contribution is -0.150. The van der Waals surface area contributed by atoms with Crippen LogP contribution in [0.4, 0.5) is 0 Å². The van der Waals surface area contributed by atoms with Crippen LogP contribution in [0.25, 0.3) is 0 Å². The van der Waals surface area contributed by atoms with Crippen LogP contribution >= 0.6 is 0 Å². The largest absolute Gasteiger partial charge is 0.481 e. The van der Waals surface area contributed by atoms with Crippen LogP contribution in [-0.4, -0.2) is 23.1 Å². The number of hydrogen-bond donors (Lipinski definition) is 1. The van der Waals surface area contributed by atoms with Crippen molar-refractivity contribution in [1.82, 2.24) is 0 Å². The standard InChI is InChI=1S/C44H80O4/c1-3-5-7-9-11-13-15-17-19-21-23-25-27-30-34-38-42(39-35-31-29-32-36-40-43(45)46)48-44(47)41-37-33-28-26-24-22-20-18-16-14-12-10-8-6-4-2/h6,8,12,14,18,20,42H,3-5,7,9-11,13,15-17,19,21-41H2,1-2H3,(H,45,46)/b8-6-,14-12-,20-18-. The Morgan fingerprint density at radius 2 is 0.875 bits per heavy atom. The van der Waals surface area contributed by atoms with Crippen LogP contribution in [0.15, 0.2) is 36.5 Å². The molecule has 4 nitrogen and oxygen atoms in total. The van der Waals surface area contributed by atoms with Crippen molar-refractivity contribution in [2.24, 2.45) is 0 Å². The number of unbranched alkanes of at least 4 members (excludes halogenated alkanes) is 23. The Balaban J connectivity index is 4.05. The van der Waals surface area contributed by atoms with Gasteiger partial charge in [0, 0.05) is 12.8 Å². The summed E-state index contributed by atoms with van der Waals surface area (Å²) < 4.78 is 6.01. The summed E-state index contributed by atoms with van der Waals surface area (Å²) in [7, 11) is 0. The van der Waals surface area contributed by atoms with Gasteiger partial charge in [0.05, 0.1) is 0 Å². The lowest BCUT2D eigenvalue weighted by Crippen LogP contribution is -2.18. The molecule has 1 atom stereocenters. The second kappa shape index (κ2) is 39.6. The highest BCUT2D eigenvalue weighted by molar-refractivity contribution is 5.69. The second-order valence-electron chi connectivity index (χ2n) is 14.2. The molecule has 0 aromatic heterocycles. The minimum atomic E-state index is -0.701. The molecule has 0 heterocycles. The Morgan fingerprint density at radius 1 is 0.479 bits per heavy atom. The molecule has 0 aromatic carbocycles. The Hall–Kier alpha value is -1.84. The van der Waals surface area contributed by atoms with Gasteiger partial charge in [0.1, 0.15) is 6.10 Å². The topological polar surface area (TPSA) is 63.6 Å². The molecule has 0 saturated carbocycles. The number of hydrogen-bond acceptors (Lipinski definition) is 3. The lowest BCUT2D eigenvalue weighted by atomic mass is 10.0. The molecule has 0 aromatic rings. The third kappa shape index (κ3) is 38.6. The Bertz CT molecular complexity index is 768. The van der Waals surface area contributed by atoms with Gasteiger partial charge in [-0.1, -0.05) is 179 Å². The van der Waals surface area contributed by atoms with E-state index in [2.05, 4.69) is 50.3 Å². The van der Waals surface area contributed by atoms with Gasteiger partial charge in [-0.25, -0.2) is 0 Å². The number of ether oxygens (including phenoxy) is 1. The molecule has 0 radical (unpaired) electrons. The van der Waals surface area contributed by atoms with Gasteiger partial charge in [-0.05, 0) is 70.6 Å². The van der Waals surface area contributed by atoms with Crippen molar-refractivity contribution in [3.05, 3.63) is 36.5 Å². The van der Waals surface area contributed by atoms with Gasteiger partial charge in [0.15, 0.2) is 0 Å². The van der Waals surface area contributed by atoms with Crippen LogP contribution in [0.2, 0.25) is 0 Å². The third-order valence-electron chi connectivity index (χ3n) is 9.38. The maximum absolute atomic E-state index is 12.7. The SMILES string of the molecule is CC/C=C\C/C=C\C/C=C\CCCCCCCC(=O)OC(CCCCCCCCCCCCCCCCC)CCCCCCCC(=O)O. The summed E-state index contributed by atoms with van der Waals surface area (Å²) in [4.78, 5) is 23.4. The fraction of sp³-hybridized carbons (Fsp3) is 0.818. The van der Waals surface area contributed by atoms with E-state index in [0.29, 0.717) is 6.42 Å². The molecule has 0 amide bonds. The minimum absolute atomic E-state index is 0.0106. The highest BCUT2D eigenvalue weighted by Gasteiger charge is 2.14. The summed E-state index contributed by atoms with van der Waals surface area (Å²) in [6.07, 6.45) is 51.7. The van der Waals surface area contributed by atoms with E-state index in [1.807, 2.05) is 0 Å². The van der Waals surface area contributed by atoms with E-state index in [1.54, 1.807) is 0 Å². The lowest BCUT2D eigenvalue weighted by Gasteiger charge is -2.18. The van der Waals surface area contributed by atoms with E-state index >= 15 is 0 Å². The summed E-state index contributed by atoms with van der Waals surface area (Å²) >= 11 is 0. The van der Waals surface area contributed by atoms with Crippen molar-refractivity contribution in [2.45, 2.75) is 232 Å². The van der Waals surface area contributed by atoms with E-state index in [0.717, 1.165) is 89.9 Å². The second-order valence-corrected chi connectivity index (χ2v) is 14.2. The maximum Gasteiger partial charge on any atom is 0.306 e. The maximum atomic E-state index is 12.7. The van der Waals surface area contributed by atoms with Gasteiger partial charge in [0.2, 0.25) is 0 Å². The molecule has 0 bridgehead atoms. The molecule has 0 spiro atoms. The number of carboxylic acids is 1. The van der Waals surface area contributed by atoms with Crippen molar-refractivity contribution in [3.8, 4) is 0 Å². The number of carboxylic acid groups (broad SMARTS) is 1. The molecular formula is C44H80O4. The van der Waals surface area contributed by atoms with E-state index in [-0.39, 0.29) is 18.5 Å². The van der Waals surface area contributed by atoms with Crippen molar-refractivity contribution < 1.29 is 19.4 Å². The Labute approximate surface area is 299 Å².